The lowest BCUT2D eigenvalue weighted by Crippen LogP contribution is -2.49. The van der Waals surface area contributed by atoms with E-state index in [1.807, 2.05) is 12.4 Å². The molecule has 0 radical (unpaired) electrons. The first-order chi connectivity index (χ1) is 10.3. The van der Waals surface area contributed by atoms with Crippen molar-refractivity contribution in [1.29, 1.82) is 0 Å². The molecule has 1 aliphatic carbocycles. The molecule has 0 spiro atoms. The first-order valence-corrected chi connectivity index (χ1v) is 8.29. The summed E-state index contributed by atoms with van der Waals surface area (Å²) in [4.78, 5) is 14.1. The van der Waals surface area contributed by atoms with Crippen LogP contribution in [-0.2, 0) is 6.54 Å². The van der Waals surface area contributed by atoms with Crippen molar-refractivity contribution >= 4 is 5.82 Å². The van der Waals surface area contributed by atoms with Crippen molar-refractivity contribution in [3.05, 3.63) is 18.1 Å². The Hall–Kier alpha value is -1.20. The van der Waals surface area contributed by atoms with Crippen molar-refractivity contribution < 1.29 is 0 Å². The molecule has 2 fully saturated rings. The molecule has 1 aliphatic heterocycles. The van der Waals surface area contributed by atoms with E-state index in [2.05, 4.69) is 38.9 Å². The number of hydrogen-bond donors (Lipinski definition) is 1. The van der Waals surface area contributed by atoms with Crippen LogP contribution in [0.1, 0.15) is 38.8 Å². The fraction of sp³-hybridized carbons (Fsp3) is 0.750. The number of anilines is 1. The van der Waals surface area contributed by atoms with Gasteiger partial charge in [-0.2, -0.15) is 0 Å². The normalized spacial score (nSPS) is 21.5. The molecular weight excluding hydrogens is 262 g/mol. The van der Waals surface area contributed by atoms with Crippen molar-refractivity contribution in [1.82, 2.24) is 20.2 Å². The molecule has 21 heavy (non-hydrogen) atoms. The summed E-state index contributed by atoms with van der Waals surface area (Å²) in [7, 11) is 0. The van der Waals surface area contributed by atoms with E-state index in [9.17, 15) is 0 Å². The predicted molar refractivity (Wildman–Crippen MR) is 85.4 cm³/mol. The molecule has 1 unspecified atom stereocenters. The van der Waals surface area contributed by atoms with Gasteiger partial charge in [0.05, 0.1) is 18.1 Å². The smallest absolute Gasteiger partial charge is 0.147 e. The highest BCUT2D eigenvalue weighted by atomic mass is 15.3. The number of hydrogen-bond acceptors (Lipinski definition) is 5. The largest absolute Gasteiger partial charge is 0.353 e. The summed E-state index contributed by atoms with van der Waals surface area (Å²) in [5.41, 5.74) is 1.05. The lowest BCUT2D eigenvalue weighted by molar-refractivity contribution is 0.192. The van der Waals surface area contributed by atoms with Crippen LogP contribution in [-0.4, -0.2) is 53.1 Å². The van der Waals surface area contributed by atoms with Crippen molar-refractivity contribution in [2.24, 2.45) is 0 Å². The van der Waals surface area contributed by atoms with E-state index < -0.39 is 0 Å². The van der Waals surface area contributed by atoms with Gasteiger partial charge in [0.2, 0.25) is 0 Å². The van der Waals surface area contributed by atoms with E-state index in [4.69, 9.17) is 0 Å². The Kier molecular flexibility index (Phi) is 4.70. The highest BCUT2D eigenvalue weighted by Crippen LogP contribution is 2.19. The molecule has 5 heteroatoms. The van der Waals surface area contributed by atoms with Crippen molar-refractivity contribution in [2.75, 3.05) is 31.1 Å². The standard InChI is InChI=1S/C16H27N5/c1-3-13(2)20-6-8-21(9-7-20)16-12-18-15(11-19-16)10-17-14-4-5-14/h11-14,17H,3-10H2,1-2H3. The van der Waals surface area contributed by atoms with E-state index in [1.54, 1.807) is 0 Å². The zero-order chi connectivity index (χ0) is 14.7. The second-order valence-corrected chi connectivity index (χ2v) is 6.30. The van der Waals surface area contributed by atoms with Crippen molar-refractivity contribution in [3.63, 3.8) is 0 Å². The van der Waals surface area contributed by atoms with Gasteiger partial charge in [0, 0.05) is 44.8 Å². The monoisotopic (exact) mass is 289 g/mol. The van der Waals surface area contributed by atoms with Crippen LogP contribution in [0.5, 0.6) is 0 Å². The van der Waals surface area contributed by atoms with Crippen LogP contribution in [0, 0.1) is 0 Å². The van der Waals surface area contributed by atoms with Gasteiger partial charge in [0.15, 0.2) is 0 Å². The summed E-state index contributed by atoms with van der Waals surface area (Å²) in [6.45, 7) is 9.79. The molecule has 1 saturated heterocycles. The van der Waals surface area contributed by atoms with Gasteiger partial charge in [-0.3, -0.25) is 9.88 Å². The minimum absolute atomic E-state index is 0.689. The van der Waals surface area contributed by atoms with E-state index in [0.29, 0.717) is 6.04 Å². The molecule has 0 aromatic carbocycles. The molecule has 1 atom stereocenters. The van der Waals surface area contributed by atoms with Gasteiger partial charge in [0.25, 0.3) is 0 Å². The van der Waals surface area contributed by atoms with Crippen LogP contribution >= 0.6 is 0 Å². The molecule has 0 amide bonds. The Labute approximate surface area is 127 Å². The quantitative estimate of drug-likeness (QED) is 0.862. The minimum Gasteiger partial charge on any atom is -0.353 e. The Bertz CT molecular complexity index is 434. The average Bonchev–Trinajstić information content (AvgIpc) is 3.37. The summed E-state index contributed by atoms with van der Waals surface area (Å²) in [5.74, 6) is 1.02. The summed E-state index contributed by atoms with van der Waals surface area (Å²) in [5, 5.41) is 3.47. The second-order valence-electron chi connectivity index (χ2n) is 6.30. The number of aromatic nitrogens is 2. The highest BCUT2D eigenvalue weighted by Gasteiger charge is 2.22. The third kappa shape index (κ3) is 3.92. The highest BCUT2D eigenvalue weighted by molar-refractivity contribution is 5.36. The van der Waals surface area contributed by atoms with E-state index >= 15 is 0 Å². The number of rotatable bonds is 6. The molecule has 2 aliphatic rings. The maximum absolute atomic E-state index is 4.60. The Morgan fingerprint density at radius 2 is 1.95 bits per heavy atom. The topological polar surface area (TPSA) is 44.3 Å². The van der Waals surface area contributed by atoms with Gasteiger partial charge < -0.3 is 10.2 Å². The maximum Gasteiger partial charge on any atom is 0.147 e. The third-order valence-corrected chi connectivity index (χ3v) is 4.69. The summed E-state index contributed by atoms with van der Waals surface area (Å²) in [6.07, 6.45) is 7.70. The number of piperazine rings is 1. The van der Waals surface area contributed by atoms with Gasteiger partial charge in [-0.05, 0) is 26.2 Å². The summed E-state index contributed by atoms with van der Waals surface area (Å²) in [6, 6.07) is 1.41. The van der Waals surface area contributed by atoms with Crippen LogP contribution < -0.4 is 10.2 Å². The molecule has 3 rings (SSSR count). The molecule has 0 bridgehead atoms. The van der Waals surface area contributed by atoms with Crippen LogP contribution in [0.15, 0.2) is 12.4 Å². The molecule has 1 aromatic heterocycles. The van der Waals surface area contributed by atoms with Gasteiger partial charge in [0.1, 0.15) is 5.82 Å². The zero-order valence-corrected chi connectivity index (χ0v) is 13.3. The fourth-order valence-corrected chi connectivity index (χ4v) is 2.79. The first-order valence-electron chi connectivity index (χ1n) is 8.29. The molecular formula is C16H27N5. The molecule has 1 N–H and O–H groups in total. The predicted octanol–water partition coefficient (Wildman–Crippen LogP) is 1.65. The number of nitrogens with one attached hydrogen (secondary N) is 1. The van der Waals surface area contributed by atoms with Gasteiger partial charge in [-0.15, -0.1) is 0 Å². The van der Waals surface area contributed by atoms with Crippen LogP contribution in [0.4, 0.5) is 5.82 Å². The van der Waals surface area contributed by atoms with E-state index in [1.165, 1.54) is 19.3 Å². The van der Waals surface area contributed by atoms with Crippen LogP contribution in [0.2, 0.25) is 0 Å². The SMILES string of the molecule is CCC(C)N1CCN(c2cnc(CNC3CC3)cn2)CC1. The Morgan fingerprint density at radius 1 is 1.19 bits per heavy atom. The van der Waals surface area contributed by atoms with E-state index in [0.717, 1.165) is 50.3 Å². The molecule has 1 aromatic rings. The summed E-state index contributed by atoms with van der Waals surface area (Å²) >= 11 is 0. The van der Waals surface area contributed by atoms with Gasteiger partial charge in [-0.1, -0.05) is 6.92 Å². The van der Waals surface area contributed by atoms with Crippen LogP contribution in [0.3, 0.4) is 0 Å². The molecule has 116 valence electrons. The van der Waals surface area contributed by atoms with Crippen molar-refractivity contribution in [2.45, 2.75) is 51.7 Å². The zero-order valence-electron chi connectivity index (χ0n) is 13.3. The fourth-order valence-electron chi connectivity index (χ4n) is 2.79. The Morgan fingerprint density at radius 3 is 2.52 bits per heavy atom. The molecule has 5 nitrogen and oxygen atoms in total. The summed E-state index contributed by atoms with van der Waals surface area (Å²) < 4.78 is 0. The lowest BCUT2D eigenvalue weighted by Gasteiger charge is -2.38. The molecule has 2 heterocycles. The lowest BCUT2D eigenvalue weighted by atomic mass is 10.2. The Balaban J connectivity index is 1.50. The third-order valence-electron chi connectivity index (χ3n) is 4.69. The second kappa shape index (κ2) is 6.71. The van der Waals surface area contributed by atoms with E-state index in [-0.39, 0.29) is 0 Å². The average molecular weight is 289 g/mol. The minimum atomic E-state index is 0.689. The van der Waals surface area contributed by atoms with Crippen molar-refractivity contribution in [3.8, 4) is 0 Å². The van der Waals surface area contributed by atoms with Gasteiger partial charge >= 0.3 is 0 Å². The van der Waals surface area contributed by atoms with Gasteiger partial charge in [-0.25, -0.2) is 4.98 Å². The maximum atomic E-state index is 4.60. The molecule has 1 saturated carbocycles. The first kappa shape index (κ1) is 14.7. The van der Waals surface area contributed by atoms with Crippen LogP contribution in [0.25, 0.3) is 0 Å². The number of nitrogens with zero attached hydrogens (tertiary/aromatic N) is 4.